The number of rotatable bonds is 4. The van der Waals surface area contributed by atoms with Gasteiger partial charge in [-0.2, -0.15) is 5.10 Å². The second kappa shape index (κ2) is 6.36. The maximum Gasteiger partial charge on any atom is 0.168 e. The monoisotopic (exact) mass is 329 g/mol. The molecule has 0 N–H and O–H groups in total. The van der Waals surface area contributed by atoms with Crippen LogP contribution < -0.4 is 4.90 Å². The van der Waals surface area contributed by atoms with Crippen LogP contribution >= 0.6 is 0 Å². The molecule has 2 aromatic heterocycles. The van der Waals surface area contributed by atoms with Gasteiger partial charge in [0.15, 0.2) is 5.65 Å². The summed E-state index contributed by atoms with van der Waals surface area (Å²) >= 11 is 0. The summed E-state index contributed by atoms with van der Waals surface area (Å²) in [5, 5.41) is 5.48. The lowest BCUT2D eigenvalue weighted by Crippen LogP contribution is -2.18. The zero-order chi connectivity index (χ0) is 17.2. The van der Waals surface area contributed by atoms with Gasteiger partial charge in [0.2, 0.25) is 0 Å². The first-order valence-electron chi connectivity index (χ1n) is 8.36. The van der Waals surface area contributed by atoms with E-state index in [2.05, 4.69) is 58.1 Å². The summed E-state index contributed by atoms with van der Waals surface area (Å²) < 4.78 is 1.85. The number of para-hydroxylation sites is 1. The van der Waals surface area contributed by atoms with Crippen molar-refractivity contribution in [1.29, 1.82) is 0 Å². The third-order valence-electron chi connectivity index (χ3n) is 4.23. The predicted molar refractivity (Wildman–Crippen MR) is 101 cm³/mol. The zero-order valence-corrected chi connectivity index (χ0v) is 14.3. The molecule has 0 bridgehead atoms. The highest BCUT2D eigenvalue weighted by Gasteiger charge is 2.16. The van der Waals surface area contributed by atoms with Crippen LogP contribution in [0.4, 0.5) is 11.5 Å². The van der Waals surface area contributed by atoms with Crippen molar-refractivity contribution in [2.75, 3.05) is 11.4 Å². The van der Waals surface area contributed by atoms with Gasteiger partial charge in [-0.1, -0.05) is 30.3 Å². The molecule has 5 heteroatoms. The van der Waals surface area contributed by atoms with Crippen LogP contribution in [0.3, 0.4) is 0 Å². The first-order chi connectivity index (χ1) is 12.3. The number of fused-ring (bicyclic) bond motifs is 1. The van der Waals surface area contributed by atoms with Crippen molar-refractivity contribution < 1.29 is 0 Å². The van der Waals surface area contributed by atoms with Gasteiger partial charge in [0.25, 0.3) is 0 Å². The smallest absolute Gasteiger partial charge is 0.168 e. The zero-order valence-electron chi connectivity index (χ0n) is 14.3. The average molecular weight is 329 g/mol. The standard InChI is InChI=1S/C20H19N5/c1-3-24(17-11-7-8-15(2)12-17)19-18-13-23-25(20(18)22-14-21-19)16-9-5-4-6-10-16/h4-14H,3H2,1-2H3. The molecular weight excluding hydrogens is 310 g/mol. The molecule has 2 heterocycles. The molecule has 4 aromatic rings. The minimum Gasteiger partial charge on any atom is -0.326 e. The van der Waals surface area contributed by atoms with E-state index >= 15 is 0 Å². The summed E-state index contributed by atoms with van der Waals surface area (Å²) in [7, 11) is 0. The fraction of sp³-hybridized carbons (Fsp3) is 0.150. The van der Waals surface area contributed by atoms with Crippen LogP contribution in [0, 0.1) is 6.92 Å². The summed E-state index contributed by atoms with van der Waals surface area (Å²) in [5.74, 6) is 0.875. The highest BCUT2D eigenvalue weighted by molar-refractivity contribution is 5.90. The number of benzene rings is 2. The lowest BCUT2D eigenvalue weighted by atomic mass is 10.2. The Kier molecular flexibility index (Phi) is 3.90. The Labute approximate surface area is 146 Å². The van der Waals surface area contributed by atoms with E-state index in [-0.39, 0.29) is 0 Å². The maximum atomic E-state index is 4.55. The molecule has 0 unspecified atom stereocenters. The lowest BCUT2D eigenvalue weighted by Gasteiger charge is -2.22. The van der Waals surface area contributed by atoms with Crippen LogP contribution in [-0.2, 0) is 0 Å². The van der Waals surface area contributed by atoms with E-state index in [1.165, 1.54) is 5.56 Å². The summed E-state index contributed by atoms with van der Waals surface area (Å²) in [5.41, 5.74) is 4.14. The molecule has 5 nitrogen and oxygen atoms in total. The molecule has 0 fully saturated rings. The first kappa shape index (κ1) is 15.3. The van der Waals surface area contributed by atoms with Crippen molar-refractivity contribution in [3.8, 4) is 5.69 Å². The first-order valence-corrected chi connectivity index (χ1v) is 8.36. The third-order valence-corrected chi connectivity index (χ3v) is 4.23. The summed E-state index contributed by atoms with van der Waals surface area (Å²) in [4.78, 5) is 11.2. The molecule has 0 aliphatic rings. The van der Waals surface area contributed by atoms with Crippen molar-refractivity contribution in [2.24, 2.45) is 0 Å². The van der Waals surface area contributed by atoms with Crippen LogP contribution in [0.5, 0.6) is 0 Å². The quantitative estimate of drug-likeness (QED) is 0.560. The molecule has 2 aromatic carbocycles. The van der Waals surface area contributed by atoms with E-state index < -0.39 is 0 Å². The van der Waals surface area contributed by atoms with Gasteiger partial charge >= 0.3 is 0 Å². The second-order valence-electron chi connectivity index (χ2n) is 5.91. The average Bonchev–Trinajstić information content (AvgIpc) is 3.08. The molecule has 124 valence electrons. The number of aromatic nitrogens is 4. The summed E-state index contributed by atoms with van der Waals surface area (Å²) in [6, 6.07) is 18.5. The molecule has 25 heavy (non-hydrogen) atoms. The molecule has 4 rings (SSSR count). The highest BCUT2D eigenvalue weighted by atomic mass is 15.3. The SMILES string of the molecule is CCN(c1cccc(C)c1)c1ncnc2c1cnn2-c1ccccc1. The van der Waals surface area contributed by atoms with Gasteiger partial charge in [-0.15, -0.1) is 0 Å². The van der Waals surface area contributed by atoms with Crippen molar-refractivity contribution in [1.82, 2.24) is 19.7 Å². The van der Waals surface area contributed by atoms with Gasteiger partial charge in [-0.3, -0.25) is 0 Å². The Morgan fingerprint density at radius 2 is 1.84 bits per heavy atom. The summed E-state index contributed by atoms with van der Waals surface area (Å²) in [6.45, 7) is 5.03. The van der Waals surface area contributed by atoms with Gasteiger partial charge < -0.3 is 4.90 Å². The van der Waals surface area contributed by atoms with E-state index in [0.29, 0.717) is 0 Å². The van der Waals surface area contributed by atoms with Crippen molar-refractivity contribution in [2.45, 2.75) is 13.8 Å². The number of nitrogens with zero attached hydrogens (tertiary/aromatic N) is 5. The second-order valence-corrected chi connectivity index (χ2v) is 5.91. The summed E-state index contributed by atoms with van der Waals surface area (Å²) in [6.07, 6.45) is 3.45. The minimum absolute atomic E-state index is 0.808. The Hall–Kier alpha value is -3.21. The Bertz CT molecular complexity index is 1010. The molecular formula is C20H19N5. The number of hydrogen-bond donors (Lipinski definition) is 0. The van der Waals surface area contributed by atoms with Gasteiger partial charge in [-0.05, 0) is 43.7 Å². The number of aryl methyl sites for hydroxylation is 1. The van der Waals surface area contributed by atoms with E-state index in [9.17, 15) is 0 Å². The molecule has 0 atom stereocenters. The molecule has 0 spiro atoms. The fourth-order valence-electron chi connectivity index (χ4n) is 3.06. The normalized spacial score (nSPS) is 11.0. The van der Waals surface area contributed by atoms with Crippen LogP contribution in [0.25, 0.3) is 16.7 Å². The Morgan fingerprint density at radius 1 is 1.00 bits per heavy atom. The topological polar surface area (TPSA) is 46.8 Å². The van der Waals surface area contributed by atoms with Gasteiger partial charge in [0.1, 0.15) is 12.1 Å². The molecule has 0 radical (unpaired) electrons. The maximum absolute atomic E-state index is 4.55. The van der Waals surface area contributed by atoms with E-state index in [0.717, 1.165) is 34.8 Å². The van der Waals surface area contributed by atoms with Crippen LogP contribution in [-0.4, -0.2) is 26.3 Å². The van der Waals surface area contributed by atoms with Crippen LogP contribution in [0.1, 0.15) is 12.5 Å². The number of hydrogen-bond acceptors (Lipinski definition) is 4. The van der Waals surface area contributed by atoms with Crippen molar-refractivity contribution in [3.05, 3.63) is 72.7 Å². The van der Waals surface area contributed by atoms with E-state index in [1.807, 2.05) is 41.2 Å². The Balaban J connectivity index is 1.87. The fourth-order valence-corrected chi connectivity index (χ4v) is 3.06. The van der Waals surface area contributed by atoms with Gasteiger partial charge in [0, 0.05) is 12.2 Å². The Morgan fingerprint density at radius 3 is 2.60 bits per heavy atom. The molecule has 0 amide bonds. The van der Waals surface area contributed by atoms with E-state index in [4.69, 9.17) is 0 Å². The highest BCUT2D eigenvalue weighted by Crippen LogP contribution is 2.30. The number of anilines is 2. The largest absolute Gasteiger partial charge is 0.326 e. The molecule has 0 saturated heterocycles. The van der Waals surface area contributed by atoms with Gasteiger partial charge in [-0.25, -0.2) is 14.6 Å². The molecule has 0 saturated carbocycles. The molecule has 0 aliphatic heterocycles. The van der Waals surface area contributed by atoms with Gasteiger partial charge in [0.05, 0.1) is 17.3 Å². The van der Waals surface area contributed by atoms with E-state index in [1.54, 1.807) is 6.33 Å². The predicted octanol–water partition coefficient (Wildman–Crippen LogP) is 4.28. The van der Waals surface area contributed by atoms with Crippen LogP contribution in [0.15, 0.2) is 67.1 Å². The third kappa shape index (κ3) is 2.74. The van der Waals surface area contributed by atoms with Crippen LogP contribution in [0.2, 0.25) is 0 Å². The van der Waals surface area contributed by atoms with Crippen molar-refractivity contribution >= 4 is 22.5 Å². The minimum atomic E-state index is 0.808. The van der Waals surface area contributed by atoms with Crippen molar-refractivity contribution in [3.63, 3.8) is 0 Å². The lowest BCUT2D eigenvalue weighted by molar-refractivity contribution is 0.894. The molecule has 0 aliphatic carbocycles.